The summed E-state index contributed by atoms with van der Waals surface area (Å²) in [7, 11) is 2.06. The van der Waals surface area contributed by atoms with Crippen molar-refractivity contribution in [3.8, 4) is 0 Å². The van der Waals surface area contributed by atoms with Crippen molar-refractivity contribution in [1.29, 1.82) is 0 Å². The monoisotopic (exact) mass is 183 g/mol. The van der Waals surface area contributed by atoms with Gasteiger partial charge in [0.2, 0.25) is 0 Å². The second-order valence-electron chi connectivity index (χ2n) is 2.73. The van der Waals surface area contributed by atoms with Crippen molar-refractivity contribution in [3.05, 3.63) is 18.5 Å². The number of hydrogen-bond acceptors (Lipinski definition) is 4. The Balaban J connectivity index is 2.50. The zero-order chi connectivity index (χ0) is 8.97. The van der Waals surface area contributed by atoms with E-state index in [-0.39, 0.29) is 0 Å². The molecule has 66 valence electrons. The largest absolute Gasteiger partial charge is 0.302 e. The Hall–Kier alpha value is -0.740. The van der Waals surface area contributed by atoms with E-state index < -0.39 is 0 Å². The second kappa shape index (κ2) is 4.33. The summed E-state index contributed by atoms with van der Waals surface area (Å²) >= 11 is 1.22. The highest BCUT2D eigenvalue weighted by Gasteiger charge is 2.03. The first-order valence-corrected chi connectivity index (χ1v) is 4.61. The molecule has 0 N–H and O–H groups in total. The third kappa shape index (κ3) is 2.39. The number of rotatable bonds is 4. The second-order valence-corrected chi connectivity index (χ2v) is 3.28. The van der Waals surface area contributed by atoms with Crippen LogP contribution in [0.3, 0.4) is 0 Å². The van der Waals surface area contributed by atoms with Crippen molar-refractivity contribution in [3.63, 3.8) is 0 Å². The van der Waals surface area contributed by atoms with Crippen LogP contribution in [0.1, 0.15) is 12.6 Å². The van der Waals surface area contributed by atoms with Crippen molar-refractivity contribution in [2.75, 3.05) is 20.1 Å². The molecule has 0 bridgehead atoms. The van der Waals surface area contributed by atoms with Gasteiger partial charge in [0, 0.05) is 6.54 Å². The van der Waals surface area contributed by atoms with Crippen LogP contribution < -0.4 is 0 Å². The normalized spacial score (nSPS) is 10.6. The molecule has 0 saturated carbocycles. The topological polar surface area (TPSA) is 29.0 Å². The van der Waals surface area contributed by atoms with Crippen LogP contribution in [0.15, 0.2) is 12.8 Å². The molecule has 0 aromatic carbocycles. The predicted octanol–water partition coefficient (Wildman–Crippen LogP) is 1.50. The average molecular weight is 183 g/mol. The lowest BCUT2D eigenvalue weighted by Crippen LogP contribution is -2.19. The molecule has 0 aliphatic rings. The standard InChI is InChI=1S/C8H13N3S/c1-4-11(3)6-7(2)8-5-9-12-10-8/h5H,2,4,6H2,1,3H3. The van der Waals surface area contributed by atoms with Gasteiger partial charge < -0.3 is 4.90 Å². The van der Waals surface area contributed by atoms with Crippen molar-refractivity contribution >= 4 is 17.3 Å². The van der Waals surface area contributed by atoms with Gasteiger partial charge in [0.1, 0.15) is 5.69 Å². The van der Waals surface area contributed by atoms with Crippen molar-refractivity contribution in [2.45, 2.75) is 6.92 Å². The first-order valence-electron chi connectivity index (χ1n) is 3.88. The summed E-state index contributed by atoms with van der Waals surface area (Å²) in [6.07, 6.45) is 1.76. The molecule has 0 spiro atoms. The van der Waals surface area contributed by atoms with Crippen molar-refractivity contribution in [2.24, 2.45) is 0 Å². The Kier molecular flexibility index (Phi) is 3.37. The van der Waals surface area contributed by atoms with Crippen LogP contribution in [0.2, 0.25) is 0 Å². The van der Waals surface area contributed by atoms with Gasteiger partial charge in [-0.05, 0) is 19.2 Å². The van der Waals surface area contributed by atoms with Crippen LogP contribution in [0, 0.1) is 0 Å². The van der Waals surface area contributed by atoms with Gasteiger partial charge in [-0.3, -0.25) is 0 Å². The minimum atomic E-state index is 0.863. The van der Waals surface area contributed by atoms with Gasteiger partial charge in [-0.1, -0.05) is 13.5 Å². The van der Waals surface area contributed by atoms with E-state index in [1.807, 2.05) is 0 Å². The molecule has 0 saturated heterocycles. The zero-order valence-corrected chi connectivity index (χ0v) is 8.27. The van der Waals surface area contributed by atoms with Gasteiger partial charge in [0.25, 0.3) is 0 Å². The highest BCUT2D eigenvalue weighted by Crippen LogP contribution is 2.09. The summed E-state index contributed by atoms with van der Waals surface area (Å²) in [6, 6.07) is 0. The summed E-state index contributed by atoms with van der Waals surface area (Å²) in [5.74, 6) is 0. The maximum atomic E-state index is 4.11. The molecule has 1 heterocycles. The summed E-state index contributed by atoms with van der Waals surface area (Å²) < 4.78 is 8.04. The van der Waals surface area contributed by atoms with Crippen LogP contribution in [0.5, 0.6) is 0 Å². The van der Waals surface area contributed by atoms with Gasteiger partial charge in [-0.2, -0.15) is 8.75 Å². The molecular weight excluding hydrogens is 170 g/mol. The molecule has 0 atom stereocenters. The summed E-state index contributed by atoms with van der Waals surface area (Å²) in [6.45, 7) is 7.95. The van der Waals surface area contributed by atoms with Crippen molar-refractivity contribution in [1.82, 2.24) is 13.6 Å². The van der Waals surface area contributed by atoms with Crippen LogP contribution in [-0.2, 0) is 0 Å². The molecule has 1 rings (SSSR count). The molecule has 1 aromatic rings. The molecule has 0 aliphatic carbocycles. The molecular formula is C8H13N3S. The van der Waals surface area contributed by atoms with E-state index in [1.54, 1.807) is 6.20 Å². The SMILES string of the molecule is C=C(CN(C)CC)c1cnsn1. The molecule has 0 unspecified atom stereocenters. The van der Waals surface area contributed by atoms with E-state index in [0.29, 0.717) is 0 Å². The van der Waals surface area contributed by atoms with E-state index in [1.165, 1.54) is 11.7 Å². The Morgan fingerprint density at radius 2 is 2.50 bits per heavy atom. The summed E-state index contributed by atoms with van der Waals surface area (Å²) in [5, 5.41) is 0. The Labute approximate surface area is 77.1 Å². The quantitative estimate of drug-likeness (QED) is 0.708. The summed E-state index contributed by atoms with van der Waals surface area (Å²) in [5.41, 5.74) is 1.95. The lowest BCUT2D eigenvalue weighted by molar-refractivity contribution is 0.398. The highest BCUT2D eigenvalue weighted by atomic mass is 32.1. The minimum absolute atomic E-state index is 0.863. The molecule has 1 aromatic heterocycles. The molecule has 0 amide bonds. The zero-order valence-electron chi connectivity index (χ0n) is 7.45. The first-order chi connectivity index (χ1) is 5.74. The number of hydrogen-bond donors (Lipinski definition) is 0. The fourth-order valence-electron chi connectivity index (χ4n) is 0.839. The van der Waals surface area contributed by atoms with Gasteiger partial charge in [-0.15, -0.1) is 0 Å². The third-order valence-electron chi connectivity index (χ3n) is 1.72. The first kappa shape index (κ1) is 9.35. The molecule has 12 heavy (non-hydrogen) atoms. The van der Waals surface area contributed by atoms with Gasteiger partial charge in [0.15, 0.2) is 0 Å². The maximum Gasteiger partial charge on any atom is 0.101 e. The number of aromatic nitrogens is 2. The lowest BCUT2D eigenvalue weighted by atomic mass is 10.2. The Morgan fingerprint density at radius 3 is 3.00 bits per heavy atom. The number of likely N-dealkylation sites (N-methyl/N-ethyl adjacent to an activating group) is 1. The van der Waals surface area contributed by atoms with Crippen LogP contribution in [0.25, 0.3) is 5.57 Å². The van der Waals surface area contributed by atoms with Gasteiger partial charge in [0.05, 0.1) is 17.9 Å². The Morgan fingerprint density at radius 1 is 1.75 bits per heavy atom. The van der Waals surface area contributed by atoms with E-state index in [0.717, 1.165) is 24.4 Å². The Bertz CT molecular complexity index is 243. The van der Waals surface area contributed by atoms with E-state index in [9.17, 15) is 0 Å². The molecule has 3 nitrogen and oxygen atoms in total. The summed E-state index contributed by atoms with van der Waals surface area (Å²) in [4.78, 5) is 2.18. The third-order valence-corrected chi connectivity index (χ3v) is 2.20. The fourth-order valence-corrected chi connectivity index (χ4v) is 1.30. The average Bonchev–Trinajstić information content (AvgIpc) is 2.56. The van der Waals surface area contributed by atoms with Gasteiger partial charge in [-0.25, -0.2) is 0 Å². The fraction of sp³-hybridized carbons (Fsp3) is 0.500. The van der Waals surface area contributed by atoms with E-state index in [4.69, 9.17) is 0 Å². The van der Waals surface area contributed by atoms with E-state index in [2.05, 4.69) is 34.2 Å². The maximum absolute atomic E-state index is 4.11. The highest BCUT2D eigenvalue weighted by molar-refractivity contribution is 6.99. The smallest absolute Gasteiger partial charge is 0.101 e. The molecule has 0 fully saturated rings. The lowest BCUT2D eigenvalue weighted by Gasteiger charge is -2.13. The van der Waals surface area contributed by atoms with Crippen molar-refractivity contribution < 1.29 is 0 Å². The van der Waals surface area contributed by atoms with Crippen LogP contribution in [0.4, 0.5) is 0 Å². The predicted molar refractivity (Wildman–Crippen MR) is 52.1 cm³/mol. The minimum Gasteiger partial charge on any atom is -0.302 e. The van der Waals surface area contributed by atoms with Crippen LogP contribution >= 0.6 is 11.7 Å². The molecule has 0 aliphatic heterocycles. The van der Waals surface area contributed by atoms with Crippen LogP contribution in [-0.4, -0.2) is 33.8 Å². The molecule has 4 heteroatoms. The number of nitrogens with zero attached hydrogens (tertiary/aromatic N) is 3. The van der Waals surface area contributed by atoms with Gasteiger partial charge >= 0.3 is 0 Å². The van der Waals surface area contributed by atoms with E-state index >= 15 is 0 Å². The molecule has 0 radical (unpaired) electrons.